The Balaban J connectivity index is 2.31. The zero-order valence-electron chi connectivity index (χ0n) is 14.1. The number of nitrogens with one attached hydrogen (secondary N) is 2. The third kappa shape index (κ3) is 4.50. The molecule has 0 aliphatic rings. The van der Waals surface area contributed by atoms with Gasteiger partial charge in [0.25, 0.3) is 5.91 Å². The lowest BCUT2D eigenvalue weighted by atomic mass is 10.1. The van der Waals surface area contributed by atoms with Gasteiger partial charge in [-0.15, -0.1) is 0 Å². The molecule has 134 valence electrons. The average Bonchev–Trinajstić information content (AvgIpc) is 2.55. The molecule has 25 heavy (non-hydrogen) atoms. The second-order valence-electron chi connectivity index (χ2n) is 5.28. The number of methoxy groups -OCH3 is 1. The highest BCUT2D eigenvalue weighted by atomic mass is 35.5. The molecule has 0 saturated carbocycles. The summed E-state index contributed by atoms with van der Waals surface area (Å²) in [6.07, 6.45) is 0. The molecule has 2 rings (SSSR count). The molecule has 0 atom stereocenters. The first-order valence-corrected chi connectivity index (χ1v) is 9.39. The average molecular weight is 383 g/mol. The van der Waals surface area contributed by atoms with Crippen molar-refractivity contribution in [2.45, 2.75) is 18.7 Å². The van der Waals surface area contributed by atoms with Gasteiger partial charge in [0.1, 0.15) is 5.75 Å². The highest BCUT2D eigenvalue weighted by molar-refractivity contribution is 7.89. The third-order valence-corrected chi connectivity index (χ3v) is 5.35. The first-order chi connectivity index (χ1) is 11.8. The fourth-order valence-corrected chi connectivity index (χ4v) is 3.55. The van der Waals surface area contributed by atoms with Crippen molar-refractivity contribution >= 4 is 33.2 Å². The molecule has 0 fully saturated rings. The normalized spacial score (nSPS) is 11.2. The van der Waals surface area contributed by atoms with Crippen LogP contribution >= 0.6 is 11.6 Å². The highest BCUT2D eigenvalue weighted by Crippen LogP contribution is 2.27. The van der Waals surface area contributed by atoms with Gasteiger partial charge < -0.3 is 10.1 Å². The second-order valence-corrected chi connectivity index (χ2v) is 7.46. The number of aryl methyl sites for hydroxylation is 1. The molecule has 0 unspecified atom stereocenters. The third-order valence-electron chi connectivity index (χ3n) is 3.51. The van der Waals surface area contributed by atoms with Crippen LogP contribution < -0.4 is 14.8 Å². The van der Waals surface area contributed by atoms with Crippen molar-refractivity contribution in [1.82, 2.24) is 4.72 Å². The van der Waals surface area contributed by atoms with Crippen LogP contribution in [0.3, 0.4) is 0 Å². The monoisotopic (exact) mass is 382 g/mol. The number of ether oxygens (including phenoxy) is 1. The van der Waals surface area contributed by atoms with E-state index in [9.17, 15) is 13.2 Å². The smallest absolute Gasteiger partial charge is 0.255 e. The first-order valence-electron chi connectivity index (χ1n) is 7.53. The van der Waals surface area contributed by atoms with Crippen LogP contribution in [0.2, 0.25) is 5.02 Å². The molecule has 0 radical (unpaired) electrons. The number of halogens is 1. The summed E-state index contributed by atoms with van der Waals surface area (Å²) in [4.78, 5) is 12.6. The predicted molar refractivity (Wildman–Crippen MR) is 98.0 cm³/mol. The molecule has 0 spiro atoms. The van der Waals surface area contributed by atoms with Crippen LogP contribution in [0.4, 0.5) is 5.69 Å². The fourth-order valence-electron chi connectivity index (χ4n) is 2.23. The second kappa shape index (κ2) is 7.86. The molecule has 0 heterocycles. The lowest BCUT2D eigenvalue weighted by Crippen LogP contribution is -2.24. The van der Waals surface area contributed by atoms with Gasteiger partial charge in [-0.25, -0.2) is 13.1 Å². The summed E-state index contributed by atoms with van der Waals surface area (Å²) >= 11 is 6.05. The van der Waals surface area contributed by atoms with Gasteiger partial charge in [-0.2, -0.15) is 0 Å². The molecule has 0 aliphatic carbocycles. The van der Waals surface area contributed by atoms with E-state index in [2.05, 4.69) is 10.0 Å². The van der Waals surface area contributed by atoms with Gasteiger partial charge in [-0.1, -0.05) is 24.6 Å². The SMILES string of the molecule is CCNS(=O)(=O)c1ccc(C)c(C(=O)Nc2ccc(OC)c(Cl)c2)c1. The zero-order chi connectivity index (χ0) is 18.6. The van der Waals surface area contributed by atoms with Crippen LogP contribution in [0.1, 0.15) is 22.8 Å². The lowest BCUT2D eigenvalue weighted by molar-refractivity contribution is 0.102. The van der Waals surface area contributed by atoms with Crippen molar-refractivity contribution in [2.24, 2.45) is 0 Å². The van der Waals surface area contributed by atoms with E-state index < -0.39 is 15.9 Å². The number of hydrogen-bond donors (Lipinski definition) is 2. The van der Waals surface area contributed by atoms with Crippen molar-refractivity contribution in [1.29, 1.82) is 0 Å². The predicted octanol–water partition coefficient (Wildman–Crippen LogP) is 3.21. The summed E-state index contributed by atoms with van der Waals surface area (Å²) in [5.74, 6) is 0.0712. The van der Waals surface area contributed by atoms with Gasteiger partial charge in [0.2, 0.25) is 10.0 Å². The van der Waals surface area contributed by atoms with Crippen LogP contribution in [0.5, 0.6) is 5.75 Å². The molecule has 0 aliphatic heterocycles. The number of carbonyl (C=O) groups excluding carboxylic acids is 1. The van der Waals surface area contributed by atoms with Gasteiger partial charge in [0.05, 0.1) is 17.0 Å². The van der Waals surface area contributed by atoms with E-state index in [0.29, 0.717) is 22.0 Å². The Kier molecular flexibility index (Phi) is 6.05. The van der Waals surface area contributed by atoms with Crippen LogP contribution in [-0.4, -0.2) is 28.0 Å². The minimum Gasteiger partial charge on any atom is -0.495 e. The Morgan fingerprint density at radius 2 is 1.92 bits per heavy atom. The summed E-state index contributed by atoms with van der Waals surface area (Å²) in [6.45, 7) is 3.69. The van der Waals surface area contributed by atoms with E-state index in [4.69, 9.17) is 16.3 Å². The maximum atomic E-state index is 12.5. The van der Waals surface area contributed by atoms with Crippen LogP contribution in [0.15, 0.2) is 41.3 Å². The maximum absolute atomic E-state index is 12.5. The Labute approximate surface area is 152 Å². The van der Waals surface area contributed by atoms with E-state index in [1.54, 1.807) is 38.1 Å². The Bertz CT molecular complexity index is 898. The summed E-state index contributed by atoms with van der Waals surface area (Å²) < 4.78 is 31.7. The summed E-state index contributed by atoms with van der Waals surface area (Å²) in [7, 11) is -2.14. The largest absolute Gasteiger partial charge is 0.495 e. The Hall–Kier alpha value is -2.09. The molecule has 0 aromatic heterocycles. The van der Waals surface area contributed by atoms with Gasteiger partial charge >= 0.3 is 0 Å². The topological polar surface area (TPSA) is 84.5 Å². The zero-order valence-corrected chi connectivity index (χ0v) is 15.7. The van der Waals surface area contributed by atoms with Crippen LogP contribution in [0.25, 0.3) is 0 Å². The summed E-state index contributed by atoms with van der Waals surface area (Å²) in [5, 5.41) is 3.07. The first kappa shape index (κ1) is 19.2. The fraction of sp³-hybridized carbons (Fsp3) is 0.235. The van der Waals surface area contributed by atoms with Crippen molar-refractivity contribution in [3.63, 3.8) is 0 Å². The summed E-state index contributed by atoms with van der Waals surface area (Å²) in [5.41, 5.74) is 1.41. The Morgan fingerprint density at radius 1 is 1.20 bits per heavy atom. The van der Waals surface area contributed by atoms with E-state index in [0.717, 1.165) is 0 Å². The number of benzene rings is 2. The van der Waals surface area contributed by atoms with Crippen molar-refractivity contribution < 1.29 is 17.9 Å². The van der Waals surface area contributed by atoms with E-state index >= 15 is 0 Å². The molecular formula is C17H19ClN2O4S. The van der Waals surface area contributed by atoms with E-state index in [-0.39, 0.29) is 17.0 Å². The van der Waals surface area contributed by atoms with Gasteiger partial charge in [0.15, 0.2) is 0 Å². The lowest BCUT2D eigenvalue weighted by Gasteiger charge is -2.11. The number of rotatable bonds is 6. The standard InChI is InChI=1S/C17H19ClN2O4S/c1-4-19-25(22,23)13-7-5-11(2)14(10-13)17(21)20-12-6-8-16(24-3)15(18)9-12/h5-10,19H,4H2,1-3H3,(H,20,21). The maximum Gasteiger partial charge on any atom is 0.255 e. The van der Waals surface area contributed by atoms with E-state index in [1.165, 1.54) is 19.2 Å². The number of sulfonamides is 1. The quantitative estimate of drug-likeness (QED) is 0.803. The van der Waals surface area contributed by atoms with Gasteiger partial charge in [0, 0.05) is 17.8 Å². The molecular weight excluding hydrogens is 364 g/mol. The molecule has 6 nitrogen and oxygen atoms in total. The van der Waals surface area contributed by atoms with E-state index in [1.807, 2.05) is 0 Å². The Morgan fingerprint density at radius 3 is 2.52 bits per heavy atom. The van der Waals surface area contributed by atoms with Gasteiger partial charge in [-0.05, 0) is 42.8 Å². The highest BCUT2D eigenvalue weighted by Gasteiger charge is 2.17. The van der Waals surface area contributed by atoms with Gasteiger partial charge in [-0.3, -0.25) is 4.79 Å². The molecule has 2 N–H and O–H groups in total. The number of hydrogen-bond acceptors (Lipinski definition) is 4. The molecule has 1 amide bonds. The molecule has 2 aromatic rings. The molecule has 0 saturated heterocycles. The van der Waals surface area contributed by atoms with Crippen molar-refractivity contribution in [2.75, 3.05) is 19.0 Å². The summed E-state index contributed by atoms with van der Waals surface area (Å²) in [6, 6.07) is 9.27. The molecule has 8 heteroatoms. The molecule has 2 aromatic carbocycles. The van der Waals surface area contributed by atoms with Crippen molar-refractivity contribution in [3.05, 3.63) is 52.5 Å². The number of carbonyl (C=O) groups is 1. The van der Waals surface area contributed by atoms with Crippen molar-refractivity contribution in [3.8, 4) is 5.75 Å². The molecule has 0 bridgehead atoms. The van der Waals surface area contributed by atoms with Crippen LogP contribution in [0, 0.1) is 6.92 Å². The number of anilines is 1. The minimum atomic E-state index is -3.64. The minimum absolute atomic E-state index is 0.0397. The van der Waals surface area contributed by atoms with Crippen LogP contribution in [-0.2, 0) is 10.0 Å². The number of amides is 1.